The number of benzene rings is 1. The van der Waals surface area contributed by atoms with Gasteiger partial charge in [-0.15, -0.1) is 0 Å². The van der Waals surface area contributed by atoms with Gasteiger partial charge in [-0.2, -0.15) is 0 Å². The number of rotatable bonds is 5. The third-order valence-electron chi connectivity index (χ3n) is 4.43. The lowest BCUT2D eigenvalue weighted by Crippen LogP contribution is -2.48. The maximum absolute atomic E-state index is 12.4. The molecular weight excluding hydrogens is 334 g/mol. The van der Waals surface area contributed by atoms with Crippen LogP contribution in [0, 0.1) is 5.92 Å². The van der Waals surface area contributed by atoms with Crippen molar-refractivity contribution in [2.45, 2.75) is 64.9 Å². The maximum Gasteiger partial charge on any atom is 0.410 e. The molecule has 1 aliphatic rings. The lowest BCUT2D eigenvalue weighted by Gasteiger charge is -2.32. The van der Waals surface area contributed by atoms with E-state index in [-0.39, 0.29) is 6.61 Å². The van der Waals surface area contributed by atoms with E-state index in [0.29, 0.717) is 13.0 Å². The number of aliphatic hydroxyl groups is 1. The van der Waals surface area contributed by atoms with Crippen molar-refractivity contribution < 1.29 is 24.2 Å². The molecule has 6 heteroatoms. The number of likely N-dealkylation sites (tertiary alicyclic amines) is 1. The van der Waals surface area contributed by atoms with Gasteiger partial charge in [0, 0.05) is 6.54 Å². The van der Waals surface area contributed by atoms with Crippen LogP contribution in [0.1, 0.15) is 46.1 Å². The van der Waals surface area contributed by atoms with E-state index in [2.05, 4.69) is 0 Å². The first-order valence-corrected chi connectivity index (χ1v) is 9.07. The topological polar surface area (TPSA) is 76.1 Å². The highest BCUT2D eigenvalue weighted by Gasteiger charge is 2.40. The highest BCUT2D eigenvalue weighted by molar-refractivity contribution is 5.73. The summed E-state index contributed by atoms with van der Waals surface area (Å²) in [6.07, 6.45) is -0.0408. The summed E-state index contributed by atoms with van der Waals surface area (Å²) in [6.45, 7) is 7.71. The van der Waals surface area contributed by atoms with E-state index >= 15 is 0 Å². The van der Waals surface area contributed by atoms with Crippen LogP contribution in [0.5, 0.6) is 0 Å². The molecule has 0 saturated carbocycles. The fourth-order valence-corrected chi connectivity index (χ4v) is 3.03. The molecule has 2 rings (SSSR count). The van der Waals surface area contributed by atoms with Crippen molar-refractivity contribution in [3.05, 3.63) is 35.9 Å². The number of esters is 1. The van der Waals surface area contributed by atoms with E-state index < -0.39 is 35.7 Å². The molecule has 0 spiro atoms. The summed E-state index contributed by atoms with van der Waals surface area (Å²) in [5.41, 5.74) is 0.286. The quantitative estimate of drug-likeness (QED) is 0.814. The molecule has 3 atom stereocenters. The van der Waals surface area contributed by atoms with E-state index in [1.807, 2.05) is 30.3 Å². The molecule has 1 aromatic carbocycles. The Kier molecular flexibility index (Phi) is 6.64. The van der Waals surface area contributed by atoms with E-state index in [4.69, 9.17) is 9.47 Å². The fraction of sp³-hybridized carbons (Fsp3) is 0.600. The van der Waals surface area contributed by atoms with Crippen molar-refractivity contribution in [1.82, 2.24) is 4.90 Å². The molecule has 1 fully saturated rings. The Hall–Kier alpha value is -2.08. The molecule has 0 bridgehead atoms. The van der Waals surface area contributed by atoms with Gasteiger partial charge in [0.05, 0.1) is 18.1 Å². The Balaban J connectivity index is 1.94. The fourth-order valence-electron chi connectivity index (χ4n) is 3.03. The van der Waals surface area contributed by atoms with Gasteiger partial charge in [-0.3, -0.25) is 4.79 Å². The standard InChI is InChI=1S/C20H29NO5/c1-14(18(23)25-13-15-9-6-5-7-10-15)17(22)16-11-8-12-21(16)19(24)26-20(2,3)4/h5-7,9-10,14,16-17,22H,8,11-13H2,1-4H3/t14?,16-,17+/m0/s1. The zero-order valence-corrected chi connectivity index (χ0v) is 16.0. The van der Waals surface area contributed by atoms with Crippen LogP contribution >= 0.6 is 0 Å². The maximum atomic E-state index is 12.4. The zero-order valence-electron chi connectivity index (χ0n) is 16.0. The highest BCUT2D eigenvalue weighted by Crippen LogP contribution is 2.26. The van der Waals surface area contributed by atoms with Crippen LogP contribution in [0.2, 0.25) is 0 Å². The molecule has 0 aliphatic carbocycles. The summed E-state index contributed by atoms with van der Waals surface area (Å²) in [4.78, 5) is 26.2. The van der Waals surface area contributed by atoms with Crippen LogP contribution in [-0.2, 0) is 20.9 Å². The molecule has 144 valence electrons. The van der Waals surface area contributed by atoms with Gasteiger partial charge in [0.2, 0.25) is 0 Å². The van der Waals surface area contributed by atoms with Crippen LogP contribution in [0.15, 0.2) is 30.3 Å². The van der Waals surface area contributed by atoms with Crippen LogP contribution < -0.4 is 0 Å². The van der Waals surface area contributed by atoms with Crippen molar-refractivity contribution in [3.8, 4) is 0 Å². The number of hydrogen-bond donors (Lipinski definition) is 1. The Labute approximate surface area is 155 Å². The molecule has 1 aliphatic heterocycles. The third-order valence-corrected chi connectivity index (χ3v) is 4.43. The largest absolute Gasteiger partial charge is 0.461 e. The monoisotopic (exact) mass is 363 g/mol. The molecule has 0 aromatic heterocycles. The van der Waals surface area contributed by atoms with Gasteiger partial charge in [0.15, 0.2) is 0 Å². The molecule has 1 N–H and O–H groups in total. The summed E-state index contributed by atoms with van der Waals surface area (Å²) in [6, 6.07) is 8.94. The van der Waals surface area contributed by atoms with Gasteiger partial charge in [-0.1, -0.05) is 30.3 Å². The first-order valence-electron chi connectivity index (χ1n) is 9.07. The van der Waals surface area contributed by atoms with Gasteiger partial charge in [-0.25, -0.2) is 4.79 Å². The molecule has 1 amide bonds. The number of carbonyl (C=O) groups is 2. The lowest BCUT2D eigenvalue weighted by atomic mass is 9.96. The normalized spacial score (nSPS) is 19.7. The number of carbonyl (C=O) groups excluding carboxylic acids is 2. The SMILES string of the molecule is CC(C(=O)OCc1ccccc1)[C@@H](O)[C@@H]1CCCN1C(=O)OC(C)(C)C. The third kappa shape index (κ3) is 5.46. The number of ether oxygens (including phenoxy) is 2. The number of nitrogens with zero attached hydrogens (tertiary/aromatic N) is 1. The summed E-state index contributed by atoms with van der Waals surface area (Å²) >= 11 is 0. The number of aliphatic hydroxyl groups excluding tert-OH is 1. The molecule has 1 heterocycles. The summed E-state index contributed by atoms with van der Waals surface area (Å²) in [5, 5.41) is 10.7. The van der Waals surface area contributed by atoms with Gasteiger partial charge in [-0.05, 0) is 46.1 Å². The molecular formula is C20H29NO5. The Bertz CT molecular complexity index is 610. The second-order valence-corrected chi connectivity index (χ2v) is 7.76. The van der Waals surface area contributed by atoms with Gasteiger partial charge in [0.1, 0.15) is 12.2 Å². The van der Waals surface area contributed by atoms with E-state index in [1.165, 1.54) is 4.90 Å². The molecule has 0 radical (unpaired) electrons. The minimum atomic E-state index is -0.992. The van der Waals surface area contributed by atoms with Gasteiger partial charge < -0.3 is 19.5 Å². The van der Waals surface area contributed by atoms with E-state index in [1.54, 1.807) is 27.7 Å². The van der Waals surface area contributed by atoms with Gasteiger partial charge >= 0.3 is 12.1 Å². The summed E-state index contributed by atoms with van der Waals surface area (Å²) < 4.78 is 10.7. The van der Waals surface area contributed by atoms with Crippen LogP contribution in [0.3, 0.4) is 0 Å². The van der Waals surface area contributed by atoms with Gasteiger partial charge in [0.25, 0.3) is 0 Å². The van der Waals surface area contributed by atoms with Crippen molar-refractivity contribution in [2.24, 2.45) is 5.92 Å². The van der Waals surface area contributed by atoms with Crippen LogP contribution in [0.25, 0.3) is 0 Å². The lowest BCUT2D eigenvalue weighted by molar-refractivity contribution is -0.154. The number of hydrogen-bond acceptors (Lipinski definition) is 5. The van der Waals surface area contributed by atoms with Crippen LogP contribution in [0.4, 0.5) is 4.79 Å². The van der Waals surface area contributed by atoms with Crippen molar-refractivity contribution in [1.29, 1.82) is 0 Å². The Morgan fingerprint density at radius 1 is 1.27 bits per heavy atom. The average Bonchev–Trinajstić information content (AvgIpc) is 3.07. The first-order chi connectivity index (χ1) is 12.2. The average molecular weight is 363 g/mol. The van der Waals surface area contributed by atoms with Crippen molar-refractivity contribution in [3.63, 3.8) is 0 Å². The predicted molar refractivity (Wildman–Crippen MR) is 97.4 cm³/mol. The Morgan fingerprint density at radius 3 is 2.54 bits per heavy atom. The van der Waals surface area contributed by atoms with Crippen molar-refractivity contribution >= 4 is 12.1 Å². The molecule has 1 unspecified atom stereocenters. The zero-order chi connectivity index (χ0) is 19.3. The second kappa shape index (κ2) is 8.54. The molecule has 26 heavy (non-hydrogen) atoms. The minimum Gasteiger partial charge on any atom is -0.461 e. The highest BCUT2D eigenvalue weighted by atomic mass is 16.6. The first kappa shape index (κ1) is 20.2. The number of amides is 1. The van der Waals surface area contributed by atoms with Crippen LogP contribution in [-0.4, -0.2) is 46.4 Å². The second-order valence-electron chi connectivity index (χ2n) is 7.76. The molecule has 1 saturated heterocycles. The van der Waals surface area contributed by atoms with E-state index in [9.17, 15) is 14.7 Å². The smallest absolute Gasteiger partial charge is 0.410 e. The van der Waals surface area contributed by atoms with Crippen molar-refractivity contribution in [2.75, 3.05) is 6.54 Å². The Morgan fingerprint density at radius 2 is 1.92 bits per heavy atom. The predicted octanol–water partition coefficient (Wildman–Crippen LogP) is 3.13. The molecule has 6 nitrogen and oxygen atoms in total. The molecule has 1 aromatic rings. The summed E-state index contributed by atoms with van der Waals surface area (Å²) in [7, 11) is 0. The minimum absolute atomic E-state index is 0.164. The van der Waals surface area contributed by atoms with E-state index in [0.717, 1.165) is 12.0 Å². The summed E-state index contributed by atoms with van der Waals surface area (Å²) in [5.74, 6) is -1.20.